The van der Waals surface area contributed by atoms with E-state index in [4.69, 9.17) is 9.47 Å². The van der Waals surface area contributed by atoms with Crippen LogP contribution in [-0.2, 0) is 32.2 Å². The molecule has 10 nitrogen and oxygen atoms in total. The van der Waals surface area contributed by atoms with E-state index in [2.05, 4.69) is 15.3 Å². The lowest BCUT2D eigenvalue weighted by atomic mass is 9.92. The molecule has 5 rings (SSSR count). The molecule has 2 unspecified atom stereocenters. The molecule has 1 aliphatic carbocycles. The van der Waals surface area contributed by atoms with Crippen LogP contribution in [-0.4, -0.2) is 62.7 Å². The van der Waals surface area contributed by atoms with Gasteiger partial charge in [0.05, 0.1) is 42.1 Å². The van der Waals surface area contributed by atoms with Gasteiger partial charge < -0.3 is 14.4 Å². The van der Waals surface area contributed by atoms with Crippen LogP contribution in [0.15, 0.2) is 54.1 Å². The molecule has 0 bridgehead atoms. The number of para-hydroxylation sites is 1. The van der Waals surface area contributed by atoms with E-state index in [9.17, 15) is 14.4 Å². The van der Waals surface area contributed by atoms with Crippen molar-refractivity contribution in [3.63, 3.8) is 0 Å². The summed E-state index contributed by atoms with van der Waals surface area (Å²) in [7, 11) is 2.98. The van der Waals surface area contributed by atoms with Crippen molar-refractivity contribution in [2.45, 2.75) is 19.2 Å². The van der Waals surface area contributed by atoms with Crippen molar-refractivity contribution in [3.05, 3.63) is 64.8 Å². The number of carbonyl (C=O) groups is 3. The lowest BCUT2D eigenvalue weighted by Crippen LogP contribution is -2.30. The molecule has 2 aliphatic rings. The van der Waals surface area contributed by atoms with E-state index in [1.807, 2.05) is 24.3 Å². The summed E-state index contributed by atoms with van der Waals surface area (Å²) in [5.74, 6) is -1.59. The first-order chi connectivity index (χ1) is 16.0. The van der Waals surface area contributed by atoms with Gasteiger partial charge in [-0.2, -0.15) is 0 Å². The third-order valence-electron chi connectivity index (χ3n) is 5.57. The van der Waals surface area contributed by atoms with E-state index in [0.717, 1.165) is 10.2 Å². The summed E-state index contributed by atoms with van der Waals surface area (Å²) >= 11 is 1.33. The van der Waals surface area contributed by atoms with Crippen LogP contribution < -0.4 is 0 Å². The molecule has 0 spiro atoms. The Labute approximate surface area is 192 Å². The third kappa shape index (κ3) is 3.74. The van der Waals surface area contributed by atoms with E-state index >= 15 is 0 Å². The third-order valence-corrected chi connectivity index (χ3v) is 6.65. The molecule has 1 amide bonds. The maximum absolute atomic E-state index is 12.7. The zero-order chi connectivity index (χ0) is 23.1. The van der Waals surface area contributed by atoms with E-state index in [1.165, 1.54) is 35.1 Å². The number of rotatable bonds is 7. The molecule has 1 saturated heterocycles. The van der Waals surface area contributed by atoms with Gasteiger partial charge in [0.15, 0.2) is 5.01 Å². The molecule has 3 aromatic rings. The zero-order valence-corrected chi connectivity index (χ0v) is 18.6. The van der Waals surface area contributed by atoms with Crippen molar-refractivity contribution in [3.8, 4) is 0 Å². The molecule has 3 heterocycles. The number of aromatic nitrogens is 4. The highest BCUT2D eigenvalue weighted by molar-refractivity contribution is 7.20. The minimum atomic E-state index is -0.725. The predicted molar refractivity (Wildman–Crippen MR) is 117 cm³/mol. The highest BCUT2D eigenvalue weighted by Gasteiger charge is 2.49. The maximum atomic E-state index is 12.7. The molecular formula is C22H19N5O5S. The predicted octanol–water partition coefficient (Wildman–Crippen LogP) is 1.74. The van der Waals surface area contributed by atoms with Crippen molar-refractivity contribution in [1.29, 1.82) is 0 Å². The molecule has 33 heavy (non-hydrogen) atoms. The van der Waals surface area contributed by atoms with Gasteiger partial charge in [0.1, 0.15) is 18.0 Å². The second kappa shape index (κ2) is 8.34. The molecule has 11 heteroatoms. The van der Waals surface area contributed by atoms with Gasteiger partial charge in [-0.15, -0.1) is 16.4 Å². The number of likely N-dealkylation sites (tertiary alicyclic amines) is 1. The number of methoxy groups -OCH3 is 2. The number of fused-ring (bicyclic) bond motifs is 2. The standard InChI is InChI=1S/C22H19N5O5S/c1-31-13-7-15-19(17(8-13)32-2)20(29)22(30)27(15)10-12-9-26(25-24-12)11-16(28)21-23-14-5-3-4-6-18(14)33-21/h3-9,17,19H,10-11H2,1-2H3. The van der Waals surface area contributed by atoms with Gasteiger partial charge in [-0.25, -0.2) is 9.67 Å². The van der Waals surface area contributed by atoms with Crippen LogP contribution in [0, 0.1) is 5.92 Å². The van der Waals surface area contributed by atoms with Gasteiger partial charge in [-0.1, -0.05) is 17.3 Å². The fourth-order valence-electron chi connectivity index (χ4n) is 3.97. The molecule has 1 aliphatic heterocycles. The van der Waals surface area contributed by atoms with Crippen molar-refractivity contribution in [1.82, 2.24) is 24.9 Å². The lowest BCUT2D eigenvalue weighted by molar-refractivity contribution is -0.141. The summed E-state index contributed by atoms with van der Waals surface area (Å²) in [5, 5.41) is 8.48. The number of allylic oxidation sites excluding steroid dienone is 1. The first kappa shape index (κ1) is 21.2. The number of benzene rings is 1. The molecule has 0 radical (unpaired) electrons. The van der Waals surface area contributed by atoms with Crippen molar-refractivity contribution in [2.75, 3.05) is 14.2 Å². The van der Waals surface area contributed by atoms with Crippen molar-refractivity contribution in [2.24, 2.45) is 5.92 Å². The highest BCUT2D eigenvalue weighted by Crippen LogP contribution is 2.36. The number of carbonyl (C=O) groups excluding carboxylic acids is 3. The summed E-state index contributed by atoms with van der Waals surface area (Å²) in [4.78, 5) is 43.7. The Bertz CT molecular complexity index is 1310. The Morgan fingerprint density at radius 3 is 2.79 bits per heavy atom. The molecule has 0 N–H and O–H groups in total. The molecule has 2 atom stereocenters. The molecular weight excluding hydrogens is 446 g/mol. The minimum absolute atomic E-state index is 0.0344. The highest BCUT2D eigenvalue weighted by atomic mass is 32.1. The number of hydrogen-bond acceptors (Lipinski definition) is 9. The van der Waals surface area contributed by atoms with E-state index < -0.39 is 23.7 Å². The van der Waals surface area contributed by atoms with Crippen LogP contribution in [0.5, 0.6) is 0 Å². The van der Waals surface area contributed by atoms with Gasteiger partial charge in [-0.05, 0) is 18.2 Å². The molecule has 0 saturated carbocycles. The van der Waals surface area contributed by atoms with E-state index in [0.29, 0.717) is 22.2 Å². The summed E-state index contributed by atoms with van der Waals surface area (Å²) in [6, 6.07) is 7.54. The molecule has 1 aromatic carbocycles. The Hall–Kier alpha value is -3.70. The number of nitrogens with zero attached hydrogens (tertiary/aromatic N) is 5. The number of Topliss-reactive ketones (excluding diaryl/α,β-unsaturated/α-hetero) is 2. The lowest BCUT2D eigenvalue weighted by Gasteiger charge is -2.26. The first-order valence-corrected chi connectivity index (χ1v) is 10.9. The maximum Gasteiger partial charge on any atom is 0.295 e. The van der Waals surface area contributed by atoms with Gasteiger partial charge in [0.2, 0.25) is 11.6 Å². The number of thiazole rings is 1. The Kier molecular flexibility index (Phi) is 5.35. The van der Waals surface area contributed by atoms with Crippen LogP contribution in [0.1, 0.15) is 15.5 Å². The smallest absolute Gasteiger partial charge is 0.295 e. The van der Waals surface area contributed by atoms with Crippen LogP contribution in [0.2, 0.25) is 0 Å². The van der Waals surface area contributed by atoms with Gasteiger partial charge in [0.25, 0.3) is 5.91 Å². The first-order valence-electron chi connectivity index (χ1n) is 10.1. The Balaban J connectivity index is 1.33. The average Bonchev–Trinajstić information content (AvgIpc) is 3.52. The monoisotopic (exact) mass is 465 g/mol. The molecule has 2 aromatic heterocycles. The summed E-state index contributed by atoms with van der Waals surface area (Å²) in [5.41, 5.74) is 1.71. The topological polar surface area (TPSA) is 117 Å². The average molecular weight is 465 g/mol. The summed E-state index contributed by atoms with van der Waals surface area (Å²) in [6.45, 7) is 0.00297. The second-order valence-electron chi connectivity index (χ2n) is 7.59. The SMILES string of the molecule is COC1=CC(OC)C2C(=O)C(=O)N(Cc3cn(CC(=O)c4nc5ccccc5s4)nn3)C2=C1. The Morgan fingerprint density at radius 2 is 2.03 bits per heavy atom. The van der Waals surface area contributed by atoms with Crippen LogP contribution in [0.4, 0.5) is 0 Å². The minimum Gasteiger partial charge on any atom is -0.497 e. The van der Waals surface area contributed by atoms with Crippen LogP contribution in [0.25, 0.3) is 10.2 Å². The van der Waals surface area contributed by atoms with Gasteiger partial charge in [-0.3, -0.25) is 14.4 Å². The normalized spacial score (nSPS) is 20.1. The zero-order valence-electron chi connectivity index (χ0n) is 17.8. The summed E-state index contributed by atoms with van der Waals surface area (Å²) < 4.78 is 13.0. The number of hydrogen-bond donors (Lipinski definition) is 0. The van der Waals surface area contributed by atoms with E-state index in [1.54, 1.807) is 18.3 Å². The quantitative estimate of drug-likeness (QED) is 0.383. The fourth-order valence-corrected chi connectivity index (χ4v) is 4.87. The molecule has 168 valence electrons. The summed E-state index contributed by atoms with van der Waals surface area (Å²) in [6.07, 6.45) is 4.32. The second-order valence-corrected chi connectivity index (χ2v) is 8.62. The van der Waals surface area contributed by atoms with Crippen molar-refractivity contribution >= 4 is 39.0 Å². The number of amides is 1. The fraction of sp³-hybridized carbons (Fsp3) is 0.273. The molecule has 1 fully saturated rings. The number of ketones is 2. The van der Waals surface area contributed by atoms with Gasteiger partial charge >= 0.3 is 0 Å². The van der Waals surface area contributed by atoms with Crippen LogP contribution >= 0.6 is 11.3 Å². The van der Waals surface area contributed by atoms with Gasteiger partial charge in [0, 0.05) is 18.9 Å². The largest absolute Gasteiger partial charge is 0.497 e. The van der Waals surface area contributed by atoms with E-state index in [-0.39, 0.29) is 18.9 Å². The Morgan fingerprint density at radius 1 is 1.21 bits per heavy atom. The van der Waals surface area contributed by atoms with Crippen molar-refractivity contribution < 1.29 is 23.9 Å². The number of ether oxygens (including phenoxy) is 2. The van der Waals surface area contributed by atoms with Crippen LogP contribution in [0.3, 0.4) is 0 Å².